The molecule has 17 heavy (non-hydrogen) atoms. The summed E-state index contributed by atoms with van der Waals surface area (Å²) in [6.07, 6.45) is 5.39. The van der Waals surface area contributed by atoms with E-state index in [0.717, 1.165) is 24.2 Å². The van der Waals surface area contributed by atoms with Crippen molar-refractivity contribution < 1.29 is 0 Å². The molecule has 3 heteroatoms. The molecule has 0 radical (unpaired) electrons. The van der Waals surface area contributed by atoms with Gasteiger partial charge in [0.2, 0.25) is 0 Å². The fourth-order valence-electron chi connectivity index (χ4n) is 1.71. The Morgan fingerprint density at radius 2 is 1.88 bits per heavy atom. The minimum absolute atomic E-state index is 0.0386. The summed E-state index contributed by atoms with van der Waals surface area (Å²) in [6, 6.07) is 10.3. The van der Waals surface area contributed by atoms with E-state index in [9.17, 15) is 0 Å². The second-order valence-corrected chi connectivity index (χ2v) is 4.21. The number of nitrogens with two attached hydrogens (primary N) is 1. The molecule has 0 aliphatic carbocycles. The topological polar surface area (TPSA) is 51.8 Å². The minimum atomic E-state index is -0.0386. The van der Waals surface area contributed by atoms with Crippen molar-refractivity contribution in [3.63, 3.8) is 0 Å². The van der Waals surface area contributed by atoms with Gasteiger partial charge >= 0.3 is 0 Å². The summed E-state index contributed by atoms with van der Waals surface area (Å²) >= 11 is 0. The number of aryl methyl sites for hydroxylation is 2. The predicted molar refractivity (Wildman–Crippen MR) is 68.5 cm³/mol. The Balaban J connectivity index is 1.93. The molecule has 1 unspecified atom stereocenters. The fraction of sp³-hybridized carbons (Fsp3) is 0.286. The lowest BCUT2D eigenvalue weighted by atomic mass is 10.0. The van der Waals surface area contributed by atoms with Crippen LogP contribution in [0.2, 0.25) is 0 Å². The van der Waals surface area contributed by atoms with Crippen molar-refractivity contribution in [3.05, 3.63) is 59.7 Å². The summed E-state index contributed by atoms with van der Waals surface area (Å²) in [5.74, 6) is 0. The molecule has 3 nitrogen and oxygen atoms in total. The maximum atomic E-state index is 6.09. The van der Waals surface area contributed by atoms with E-state index in [4.69, 9.17) is 5.73 Å². The first-order chi connectivity index (χ1) is 8.25. The predicted octanol–water partition coefficient (Wildman–Crippen LogP) is 2.42. The standard InChI is InChI=1S/C14H17N3/c1-11-9-17-14(10-16-11)13(15)8-7-12-5-3-2-4-6-12/h2-6,9-10,13H,7-8,15H2,1H3. The zero-order valence-corrected chi connectivity index (χ0v) is 10.0. The highest BCUT2D eigenvalue weighted by Gasteiger charge is 2.07. The van der Waals surface area contributed by atoms with Crippen LogP contribution in [0.15, 0.2) is 42.7 Å². The first kappa shape index (κ1) is 11.7. The van der Waals surface area contributed by atoms with Crippen LogP contribution in [0.25, 0.3) is 0 Å². The van der Waals surface area contributed by atoms with Gasteiger partial charge in [-0.25, -0.2) is 0 Å². The highest BCUT2D eigenvalue weighted by atomic mass is 14.8. The molecule has 0 fully saturated rings. The molecule has 2 N–H and O–H groups in total. The van der Waals surface area contributed by atoms with Crippen molar-refractivity contribution in [2.45, 2.75) is 25.8 Å². The second-order valence-electron chi connectivity index (χ2n) is 4.21. The Labute approximate surface area is 102 Å². The van der Waals surface area contributed by atoms with E-state index < -0.39 is 0 Å². The number of hydrogen-bond donors (Lipinski definition) is 1. The monoisotopic (exact) mass is 227 g/mol. The summed E-state index contributed by atoms with van der Waals surface area (Å²) in [5.41, 5.74) is 9.19. The van der Waals surface area contributed by atoms with Crippen LogP contribution in [0.4, 0.5) is 0 Å². The summed E-state index contributed by atoms with van der Waals surface area (Å²) in [7, 11) is 0. The Hall–Kier alpha value is -1.74. The van der Waals surface area contributed by atoms with Crippen molar-refractivity contribution in [2.24, 2.45) is 5.73 Å². The lowest BCUT2D eigenvalue weighted by molar-refractivity contribution is 0.629. The third-order valence-corrected chi connectivity index (χ3v) is 2.77. The van der Waals surface area contributed by atoms with E-state index in [-0.39, 0.29) is 6.04 Å². The van der Waals surface area contributed by atoms with Crippen molar-refractivity contribution in [1.29, 1.82) is 0 Å². The van der Waals surface area contributed by atoms with Crippen LogP contribution >= 0.6 is 0 Å². The van der Waals surface area contributed by atoms with Crippen molar-refractivity contribution in [3.8, 4) is 0 Å². The Morgan fingerprint density at radius 3 is 2.53 bits per heavy atom. The molecule has 0 aliphatic rings. The molecule has 2 aromatic rings. The van der Waals surface area contributed by atoms with Crippen LogP contribution in [-0.2, 0) is 6.42 Å². The highest BCUT2D eigenvalue weighted by molar-refractivity contribution is 5.15. The van der Waals surface area contributed by atoms with Crippen molar-refractivity contribution in [1.82, 2.24) is 9.97 Å². The molecule has 1 aromatic heterocycles. The summed E-state index contributed by atoms with van der Waals surface area (Å²) in [5, 5.41) is 0. The first-order valence-electron chi connectivity index (χ1n) is 5.84. The average Bonchev–Trinajstić information content (AvgIpc) is 2.38. The molecule has 88 valence electrons. The smallest absolute Gasteiger partial charge is 0.0754 e. The van der Waals surface area contributed by atoms with Gasteiger partial charge in [-0.3, -0.25) is 9.97 Å². The molecule has 0 bridgehead atoms. The van der Waals surface area contributed by atoms with E-state index in [1.807, 2.05) is 25.1 Å². The molecule has 2 rings (SSSR count). The molecule has 0 saturated heterocycles. The largest absolute Gasteiger partial charge is 0.323 e. The molecule has 1 heterocycles. The van der Waals surface area contributed by atoms with E-state index >= 15 is 0 Å². The second kappa shape index (κ2) is 5.55. The van der Waals surface area contributed by atoms with E-state index in [0.29, 0.717) is 0 Å². The van der Waals surface area contributed by atoms with Crippen LogP contribution in [0.3, 0.4) is 0 Å². The first-order valence-corrected chi connectivity index (χ1v) is 5.84. The highest BCUT2D eigenvalue weighted by Crippen LogP contribution is 2.13. The Morgan fingerprint density at radius 1 is 1.12 bits per heavy atom. The van der Waals surface area contributed by atoms with Crippen molar-refractivity contribution >= 4 is 0 Å². The molecular formula is C14H17N3. The maximum absolute atomic E-state index is 6.09. The lowest BCUT2D eigenvalue weighted by Gasteiger charge is -2.10. The molecule has 1 aromatic carbocycles. The summed E-state index contributed by atoms with van der Waals surface area (Å²) in [4.78, 5) is 8.52. The van der Waals surface area contributed by atoms with E-state index in [1.165, 1.54) is 5.56 Å². The van der Waals surface area contributed by atoms with Gasteiger partial charge in [-0.15, -0.1) is 0 Å². The van der Waals surface area contributed by atoms with Crippen LogP contribution < -0.4 is 5.73 Å². The minimum Gasteiger partial charge on any atom is -0.323 e. The maximum Gasteiger partial charge on any atom is 0.0754 e. The van der Waals surface area contributed by atoms with Gasteiger partial charge in [-0.2, -0.15) is 0 Å². The zero-order chi connectivity index (χ0) is 12.1. The van der Waals surface area contributed by atoms with Crippen LogP contribution in [-0.4, -0.2) is 9.97 Å². The Kier molecular flexibility index (Phi) is 3.83. The number of aromatic nitrogens is 2. The summed E-state index contributed by atoms with van der Waals surface area (Å²) < 4.78 is 0. The molecular weight excluding hydrogens is 210 g/mol. The van der Waals surface area contributed by atoms with Crippen molar-refractivity contribution in [2.75, 3.05) is 0 Å². The molecule has 1 atom stereocenters. The van der Waals surface area contributed by atoms with Gasteiger partial charge in [0.25, 0.3) is 0 Å². The van der Waals surface area contributed by atoms with Crippen LogP contribution in [0, 0.1) is 6.92 Å². The molecule has 0 amide bonds. The third-order valence-electron chi connectivity index (χ3n) is 2.77. The number of rotatable bonds is 4. The fourth-order valence-corrected chi connectivity index (χ4v) is 1.71. The molecule has 0 spiro atoms. The van der Waals surface area contributed by atoms with Gasteiger partial charge in [0.1, 0.15) is 0 Å². The van der Waals surface area contributed by atoms with Crippen LogP contribution in [0.1, 0.15) is 29.4 Å². The SMILES string of the molecule is Cc1cnc(C(N)CCc2ccccc2)cn1. The third kappa shape index (κ3) is 3.36. The van der Waals surface area contributed by atoms with Gasteiger partial charge in [0, 0.05) is 12.2 Å². The molecule has 0 aliphatic heterocycles. The van der Waals surface area contributed by atoms with Gasteiger partial charge < -0.3 is 5.73 Å². The lowest BCUT2D eigenvalue weighted by Crippen LogP contribution is -2.13. The van der Waals surface area contributed by atoms with Gasteiger partial charge in [0.15, 0.2) is 0 Å². The Bertz CT molecular complexity index is 451. The molecule has 0 saturated carbocycles. The quantitative estimate of drug-likeness (QED) is 0.872. The normalized spacial score (nSPS) is 12.4. The van der Waals surface area contributed by atoms with Crippen LogP contribution in [0.5, 0.6) is 0 Å². The van der Waals surface area contributed by atoms with Gasteiger partial charge in [-0.05, 0) is 25.3 Å². The number of benzene rings is 1. The van der Waals surface area contributed by atoms with E-state index in [1.54, 1.807) is 12.4 Å². The summed E-state index contributed by atoms with van der Waals surface area (Å²) in [6.45, 7) is 1.92. The van der Waals surface area contributed by atoms with E-state index in [2.05, 4.69) is 22.1 Å². The van der Waals surface area contributed by atoms with Gasteiger partial charge in [-0.1, -0.05) is 30.3 Å². The van der Waals surface area contributed by atoms with Gasteiger partial charge in [0.05, 0.1) is 17.6 Å². The number of nitrogens with zero attached hydrogens (tertiary/aromatic N) is 2. The zero-order valence-electron chi connectivity index (χ0n) is 10.0. The average molecular weight is 227 g/mol. The number of hydrogen-bond acceptors (Lipinski definition) is 3.